The lowest BCUT2D eigenvalue weighted by Gasteiger charge is -2.32. The molecule has 0 aromatic rings. The summed E-state index contributed by atoms with van der Waals surface area (Å²) in [6, 6.07) is 0. The maximum Gasteiger partial charge on any atom is 0.0466 e. The monoisotopic (exact) mass is 127 g/mol. The third-order valence-corrected chi connectivity index (χ3v) is 1.58. The maximum atomic E-state index is 5.55. The fourth-order valence-corrected chi connectivity index (χ4v) is 0.918. The van der Waals surface area contributed by atoms with Gasteiger partial charge < -0.3 is 5.01 Å². The first-order valence-corrected chi connectivity index (χ1v) is 3.08. The SMILES string of the molecule is C=C1CN(C)CCN1N. The molecule has 2 N–H and O–H groups in total. The van der Waals surface area contributed by atoms with E-state index < -0.39 is 0 Å². The maximum absolute atomic E-state index is 5.55. The molecule has 1 fully saturated rings. The number of hydrazine groups is 1. The molecule has 0 amide bonds. The number of rotatable bonds is 0. The van der Waals surface area contributed by atoms with Crippen molar-refractivity contribution < 1.29 is 0 Å². The Labute approximate surface area is 55.7 Å². The van der Waals surface area contributed by atoms with Gasteiger partial charge in [-0.2, -0.15) is 0 Å². The molecule has 0 saturated carbocycles. The molecule has 1 heterocycles. The Hall–Kier alpha value is -0.540. The molecule has 1 aliphatic heterocycles. The fraction of sp³-hybridized carbons (Fsp3) is 0.667. The average Bonchev–Trinajstić information content (AvgIpc) is 1.80. The molecule has 3 nitrogen and oxygen atoms in total. The molecule has 9 heavy (non-hydrogen) atoms. The third-order valence-electron chi connectivity index (χ3n) is 1.58. The van der Waals surface area contributed by atoms with E-state index in [9.17, 15) is 0 Å². The zero-order valence-corrected chi connectivity index (χ0v) is 5.80. The number of hydrogen-bond acceptors (Lipinski definition) is 3. The Balaban J connectivity index is 2.44. The first kappa shape index (κ1) is 6.58. The highest BCUT2D eigenvalue weighted by Crippen LogP contribution is 2.03. The smallest absolute Gasteiger partial charge is 0.0466 e. The van der Waals surface area contributed by atoms with Crippen LogP contribution in [0.2, 0.25) is 0 Å². The predicted molar refractivity (Wildman–Crippen MR) is 37.5 cm³/mol. The molecule has 3 heteroatoms. The zero-order valence-electron chi connectivity index (χ0n) is 5.80. The second-order valence-electron chi connectivity index (χ2n) is 2.50. The lowest BCUT2D eigenvalue weighted by atomic mass is 10.3. The second-order valence-corrected chi connectivity index (χ2v) is 2.50. The van der Waals surface area contributed by atoms with Crippen molar-refractivity contribution in [2.75, 3.05) is 26.7 Å². The average molecular weight is 127 g/mol. The van der Waals surface area contributed by atoms with Crippen LogP contribution in [0.25, 0.3) is 0 Å². The van der Waals surface area contributed by atoms with Gasteiger partial charge in [-0.3, -0.25) is 4.90 Å². The first-order valence-electron chi connectivity index (χ1n) is 3.08. The van der Waals surface area contributed by atoms with E-state index >= 15 is 0 Å². The van der Waals surface area contributed by atoms with Crippen molar-refractivity contribution >= 4 is 0 Å². The Kier molecular flexibility index (Phi) is 1.73. The molecule has 0 radical (unpaired) electrons. The van der Waals surface area contributed by atoms with Crippen molar-refractivity contribution in [1.29, 1.82) is 0 Å². The highest BCUT2D eigenvalue weighted by atomic mass is 15.4. The number of nitrogens with two attached hydrogens (primary N) is 1. The second kappa shape index (κ2) is 2.37. The minimum Gasteiger partial charge on any atom is -0.313 e. The van der Waals surface area contributed by atoms with Gasteiger partial charge in [0, 0.05) is 25.3 Å². The number of nitrogens with zero attached hydrogens (tertiary/aromatic N) is 2. The van der Waals surface area contributed by atoms with Crippen LogP contribution in [0, 0.1) is 0 Å². The lowest BCUT2D eigenvalue weighted by Crippen LogP contribution is -2.45. The van der Waals surface area contributed by atoms with Gasteiger partial charge in [-0.15, -0.1) is 0 Å². The van der Waals surface area contributed by atoms with E-state index in [2.05, 4.69) is 18.5 Å². The molecule has 0 spiro atoms. The summed E-state index contributed by atoms with van der Waals surface area (Å²) in [5.74, 6) is 5.55. The Morgan fingerprint density at radius 2 is 2.22 bits per heavy atom. The van der Waals surface area contributed by atoms with E-state index in [1.165, 1.54) is 0 Å². The van der Waals surface area contributed by atoms with Crippen LogP contribution in [-0.4, -0.2) is 36.6 Å². The lowest BCUT2D eigenvalue weighted by molar-refractivity contribution is 0.207. The summed E-state index contributed by atoms with van der Waals surface area (Å²) >= 11 is 0. The Morgan fingerprint density at radius 3 is 2.67 bits per heavy atom. The Morgan fingerprint density at radius 1 is 1.56 bits per heavy atom. The summed E-state index contributed by atoms with van der Waals surface area (Å²) in [6.07, 6.45) is 0. The van der Waals surface area contributed by atoms with Crippen molar-refractivity contribution in [1.82, 2.24) is 9.91 Å². The van der Waals surface area contributed by atoms with Crippen molar-refractivity contribution in [3.63, 3.8) is 0 Å². The highest BCUT2D eigenvalue weighted by molar-refractivity contribution is 4.97. The van der Waals surface area contributed by atoms with Gasteiger partial charge in [0.2, 0.25) is 0 Å². The molecule has 0 unspecified atom stereocenters. The molecule has 52 valence electrons. The molecule has 0 aromatic heterocycles. The van der Waals surface area contributed by atoms with E-state index in [0.29, 0.717) is 0 Å². The third kappa shape index (κ3) is 1.43. The summed E-state index contributed by atoms with van der Waals surface area (Å²) < 4.78 is 0. The summed E-state index contributed by atoms with van der Waals surface area (Å²) in [4.78, 5) is 2.20. The van der Waals surface area contributed by atoms with Crippen molar-refractivity contribution in [3.8, 4) is 0 Å². The highest BCUT2D eigenvalue weighted by Gasteiger charge is 2.12. The normalized spacial score (nSPS) is 22.9. The minimum absolute atomic E-state index is 0.898. The summed E-state index contributed by atoms with van der Waals surface area (Å²) in [5.41, 5.74) is 1.00. The van der Waals surface area contributed by atoms with Gasteiger partial charge in [0.1, 0.15) is 0 Å². The van der Waals surface area contributed by atoms with E-state index in [1.807, 2.05) is 0 Å². The van der Waals surface area contributed by atoms with Crippen LogP contribution >= 0.6 is 0 Å². The number of piperazine rings is 1. The molecule has 0 bridgehead atoms. The van der Waals surface area contributed by atoms with Gasteiger partial charge in [-0.25, -0.2) is 5.84 Å². The van der Waals surface area contributed by atoms with Gasteiger partial charge in [0.05, 0.1) is 0 Å². The van der Waals surface area contributed by atoms with Gasteiger partial charge in [-0.05, 0) is 7.05 Å². The Bertz CT molecular complexity index is 121. The molecular weight excluding hydrogens is 114 g/mol. The van der Waals surface area contributed by atoms with Crippen LogP contribution in [0.1, 0.15) is 0 Å². The van der Waals surface area contributed by atoms with Crippen molar-refractivity contribution in [2.45, 2.75) is 0 Å². The van der Waals surface area contributed by atoms with Crippen molar-refractivity contribution in [2.24, 2.45) is 5.84 Å². The summed E-state index contributed by atoms with van der Waals surface area (Å²) in [5, 5.41) is 1.71. The van der Waals surface area contributed by atoms with E-state index in [4.69, 9.17) is 5.84 Å². The van der Waals surface area contributed by atoms with Gasteiger partial charge in [0.25, 0.3) is 0 Å². The van der Waals surface area contributed by atoms with Crippen LogP contribution in [-0.2, 0) is 0 Å². The van der Waals surface area contributed by atoms with Crippen LogP contribution < -0.4 is 5.84 Å². The standard InChI is InChI=1S/C6H13N3/c1-6-5-8(2)3-4-9(6)7/h1,3-5,7H2,2H3. The largest absolute Gasteiger partial charge is 0.313 e. The van der Waals surface area contributed by atoms with Crippen LogP contribution in [0.3, 0.4) is 0 Å². The van der Waals surface area contributed by atoms with Gasteiger partial charge in [0.15, 0.2) is 0 Å². The van der Waals surface area contributed by atoms with Crippen LogP contribution in [0.15, 0.2) is 12.3 Å². The van der Waals surface area contributed by atoms with E-state index in [1.54, 1.807) is 5.01 Å². The molecule has 0 aliphatic carbocycles. The summed E-state index contributed by atoms with van der Waals surface area (Å²) in [6.45, 7) is 6.64. The van der Waals surface area contributed by atoms with Crippen LogP contribution in [0.4, 0.5) is 0 Å². The fourth-order valence-electron chi connectivity index (χ4n) is 0.918. The minimum atomic E-state index is 0.898. The topological polar surface area (TPSA) is 32.5 Å². The molecule has 0 atom stereocenters. The number of hydrogen-bond donors (Lipinski definition) is 1. The van der Waals surface area contributed by atoms with Crippen LogP contribution in [0.5, 0.6) is 0 Å². The summed E-state index contributed by atoms with van der Waals surface area (Å²) in [7, 11) is 2.07. The zero-order chi connectivity index (χ0) is 6.85. The number of likely N-dealkylation sites (N-methyl/N-ethyl adjacent to an activating group) is 1. The van der Waals surface area contributed by atoms with E-state index in [-0.39, 0.29) is 0 Å². The van der Waals surface area contributed by atoms with Gasteiger partial charge >= 0.3 is 0 Å². The quantitative estimate of drug-likeness (QED) is 0.450. The van der Waals surface area contributed by atoms with Crippen molar-refractivity contribution in [3.05, 3.63) is 12.3 Å². The predicted octanol–water partition coefficient (Wildman–Crippen LogP) is -0.379. The molecule has 1 aliphatic rings. The van der Waals surface area contributed by atoms with Gasteiger partial charge in [-0.1, -0.05) is 6.58 Å². The molecule has 1 rings (SSSR count). The molecule has 0 aromatic carbocycles. The molecular formula is C6H13N3. The van der Waals surface area contributed by atoms with E-state index in [0.717, 1.165) is 25.3 Å². The molecule has 1 saturated heterocycles. The first-order chi connectivity index (χ1) is 4.20.